The molecule has 0 saturated heterocycles. The molecule has 21 heavy (non-hydrogen) atoms. The zero-order chi connectivity index (χ0) is 15.4. The van der Waals surface area contributed by atoms with E-state index in [4.69, 9.17) is 9.05 Å². The van der Waals surface area contributed by atoms with Crippen LogP contribution in [0.25, 0.3) is 0 Å². The molecular formula is C13H16N4O4. The van der Waals surface area contributed by atoms with Crippen molar-refractivity contribution in [3.05, 3.63) is 29.3 Å². The largest absolute Gasteiger partial charge is 0.361 e. The minimum atomic E-state index is -0.706. The number of hydrogen-bond donors (Lipinski definition) is 2. The lowest BCUT2D eigenvalue weighted by molar-refractivity contribution is -0.125. The van der Waals surface area contributed by atoms with Crippen LogP contribution in [0.15, 0.2) is 21.2 Å². The summed E-state index contributed by atoms with van der Waals surface area (Å²) >= 11 is 0. The van der Waals surface area contributed by atoms with Crippen molar-refractivity contribution < 1.29 is 18.6 Å². The Bertz CT molecular complexity index is 646. The maximum absolute atomic E-state index is 11.9. The van der Waals surface area contributed by atoms with Gasteiger partial charge in [0.2, 0.25) is 11.8 Å². The summed E-state index contributed by atoms with van der Waals surface area (Å²) in [6.45, 7) is 5.03. The van der Waals surface area contributed by atoms with Gasteiger partial charge in [0.1, 0.15) is 17.6 Å². The molecule has 0 aliphatic carbocycles. The highest BCUT2D eigenvalue weighted by atomic mass is 16.5. The van der Waals surface area contributed by atoms with E-state index >= 15 is 0 Å². The van der Waals surface area contributed by atoms with Crippen molar-refractivity contribution in [2.24, 2.45) is 0 Å². The third kappa shape index (κ3) is 4.16. The molecule has 0 aliphatic heterocycles. The molecule has 2 heterocycles. The molecule has 112 valence electrons. The highest BCUT2D eigenvalue weighted by Crippen LogP contribution is 2.07. The average molecular weight is 292 g/mol. The molecule has 2 aromatic rings. The molecular weight excluding hydrogens is 276 g/mol. The van der Waals surface area contributed by atoms with Crippen LogP contribution in [0.5, 0.6) is 0 Å². The molecule has 2 amide bonds. The number of anilines is 1. The van der Waals surface area contributed by atoms with Gasteiger partial charge in [-0.05, 0) is 20.8 Å². The van der Waals surface area contributed by atoms with Gasteiger partial charge < -0.3 is 19.7 Å². The highest BCUT2D eigenvalue weighted by Gasteiger charge is 2.18. The normalized spacial score (nSPS) is 12.0. The summed E-state index contributed by atoms with van der Waals surface area (Å²) in [7, 11) is 0. The quantitative estimate of drug-likeness (QED) is 0.849. The van der Waals surface area contributed by atoms with Crippen LogP contribution in [0.1, 0.15) is 24.1 Å². The van der Waals surface area contributed by atoms with Crippen molar-refractivity contribution in [3.63, 3.8) is 0 Å². The molecule has 1 unspecified atom stereocenters. The predicted octanol–water partition coefficient (Wildman–Crippen LogP) is 0.965. The van der Waals surface area contributed by atoms with Crippen molar-refractivity contribution in [2.45, 2.75) is 33.2 Å². The van der Waals surface area contributed by atoms with Crippen LogP contribution in [-0.2, 0) is 16.0 Å². The standard InChI is InChI=1S/C13H16N4O4/c1-7-4-10(16-20-7)6-12(18)14-9(3)13(19)15-11-5-8(2)21-17-11/h4-5,9H,6H2,1-3H3,(H,14,18)(H,15,17,19). The highest BCUT2D eigenvalue weighted by molar-refractivity contribution is 5.96. The van der Waals surface area contributed by atoms with Crippen LogP contribution in [-0.4, -0.2) is 28.2 Å². The first-order valence-electron chi connectivity index (χ1n) is 6.40. The Morgan fingerprint density at radius 1 is 1.19 bits per heavy atom. The topological polar surface area (TPSA) is 110 Å². The third-order valence-electron chi connectivity index (χ3n) is 2.67. The summed E-state index contributed by atoms with van der Waals surface area (Å²) < 4.78 is 9.71. The van der Waals surface area contributed by atoms with Crippen molar-refractivity contribution in [2.75, 3.05) is 5.32 Å². The lowest BCUT2D eigenvalue weighted by atomic mass is 10.2. The molecule has 0 fully saturated rings. The molecule has 8 heteroatoms. The van der Waals surface area contributed by atoms with Gasteiger partial charge in [0, 0.05) is 12.1 Å². The number of aromatic nitrogens is 2. The molecule has 0 radical (unpaired) electrons. The van der Waals surface area contributed by atoms with Crippen LogP contribution in [0.2, 0.25) is 0 Å². The minimum Gasteiger partial charge on any atom is -0.361 e. The number of nitrogens with one attached hydrogen (secondary N) is 2. The fourth-order valence-electron chi connectivity index (χ4n) is 1.68. The van der Waals surface area contributed by atoms with Crippen molar-refractivity contribution >= 4 is 17.6 Å². The molecule has 0 saturated carbocycles. The van der Waals surface area contributed by atoms with Gasteiger partial charge in [-0.25, -0.2) is 0 Å². The van der Waals surface area contributed by atoms with E-state index in [2.05, 4.69) is 20.9 Å². The molecule has 2 aromatic heterocycles. The number of hydrogen-bond acceptors (Lipinski definition) is 6. The summed E-state index contributed by atoms with van der Waals surface area (Å²) in [5.74, 6) is 0.828. The van der Waals surface area contributed by atoms with Gasteiger partial charge in [-0.2, -0.15) is 0 Å². The van der Waals surface area contributed by atoms with E-state index in [-0.39, 0.29) is 18.2 Å². The van der Waals surface area contributed by atoms with Crippen LogP contribution in [0.4, 0.5) is 5.82 Å². The first-order valence-corrected chi connectivity index (χ1v) is 6.40. The van der Waals surface area contributed by atoms with E-state index in [1.165, 1.54) is 0 Å². The Morgan fingerprint density at radius 2 is 1.86 bits per heavy atom. The van der Waals surface area contributed by atoms with Crippen molar-refractivity contribution in [1.29, 1.82) is 0 Å². The minimum absolute atomic E-state index is 0.0536. The Morgan fingerprint density at radius 3 is 2.43 bits per heavy atom. The van der Waals surface area contributed by atoms with E-state index in [9.17, 15) is 9.59 Å². The molecule has 0 aromatic carbocycles. The van der Waals surface area contributed by atoms with Gasteiger partial charge in [0.15, 0.2) is 5.82 Å². The van der Waals surface area contributed by atoms with Gasteiger partial charge in [-0.15, -0.1) is 0 Å². The van der Waals surface area contributed by atoms with Crippen LogP contribution >= 0.6 is 0 Å². The molecule has 8 nitrogen and oxygen atoms in total. The SMILES string of the molecule is Cc1cc(CC(=O)NC(C)C(=O)Nc2cc(C)on2)no1. The van der Waals surface area contributed by atoms with E-state index < -0.39 is 6.04 Å². The zero-order valence-corrected chi connectivity index (χ0v) is 12.0. The summed E-state index contributed by atoms with van der Waals surface area (Å²) in [5.41, 5.74) is 0.518. The second kappa shape index (κ2) is 6.21. The van der Waals surface area contributed by atoms with Crippen molar-refractivity contribution in [3.8, 4) is 0 Å². The number of amides is 2. The van der Waals surface area contributed by atoms with Gasteiger partial charge in [0.05, 0.1) is 12.1 Å². The van der Waals surface area contributed by atoms with Gasteiger partial charge >= 0.3 is 0 Å². The Hall–Kier alpha value is -2.64. The van der Waals surface area contributed by atoms with Crippen LogP contribution < -0.4 is 10.6 Å². The Labute approximate surface area is 120 Å². The smallest absolute Gasteiger partial charge is 0.247 e. The fraction of sp³-hybridized carbons (Fsp3) is 0.385. The van der Waals surface area contributed by atoms with Crippen LogP contribution in [0, 0.1) is 13.8 Å². The van der Waals surface area contributed by atoms with E-state index in [0.717, 1.165) is 0 Å². The molecule has 0 bridgehead atoms. The Kier molecular flexibility index (Phi) is 4.36. The van der Waals surface area contributed by atoms with E-state index in [0.29, 0.717) is 23.0 Å². The van der Waals surface area contributed by atoms with E-state index in [1.807, 2.05) is 0 Å². The molecule has 2 N–H and O–H groups in total. The predicted molar refractivity (Wildman–Crippen MR) is 72.4 cm³/mol. The third-order valence-corrected chi connectivity index (χ3v) is 2.67. The maximum Gasteiger partial charge on any atom is 0.247 e. The summed E-state index contributed by atoms with van der Waals surface area (Å²) in [4.78, 5) is 23.7. The van der Waals surface area contributed by atoms with Gasteiger partial charge in [-0.1, -0.05) is 10.3 Å². The number of carbonyl (C=O) groups is 2. The molecule has 2 rings (SSSR count). The maximum atomic E-state index is 11.9. The molecule has 0 spiro atoms. The summed E-state index contributed by atoms with van der Waals surface area (Å²) in [6, 6.07) is 2.55. The lowest BCUT2D eigenvalue weighted by Gasteiger charge is -2.12. The summed E-state index contributed by atoms with van der Waals surface area (Å²) in [5, 5.41) is 12.5. The van der Waals surface area contributed by atoms with Crippen LogP contribution in [0.3, 0.4) is 0 Å². The first kappa shape index (κ1) is 14.8. The fourth-order valence-corrected chi connectivity index (χ4v) is 1.68. The van der Waals surface area contributed by atoms with Crippen molar-refractivity contribution in [1.82, 2.24) is 15.6 Å². The molecule has 1 atom stereocenters. The lowest BCUT2D eigenvalue weighted by Crippen LogP contribution is -2.42. The van der Waals surface area contributed by atoms with E-state index in [1.54, 1.807) is 32.9 Å². The number of carbonyl (C=O) groups excluding carboxylic acids is 2. The first-order chi connectivity index (χ1) is 9.94. The number of nitrogens with zero attached hydrogens (tertiary/aromatic N) is 2. The molecule has 0 aliphatic rings. The zero-order valence-electron chi connectivity index (χ0n) is 12.0. The Balaban J connectivity index is 1.83. The second-order valence-corrected chi connectivity index (χ2v) is 4.71. The van der Waals surface area contributed by atoms with Gasteiger partial charge in [-0.3, -0.25) is 9.59 Å². The average Bonchev–Trinajstić information content (AvgIpc) is 2.98. The second-order valence-electron chi connectivity index (χ2n) is 4.71. The van der Waals surface area contributed by atoms with Gasteiger partial charge in [0.25, 0.3) is 0 Å². The monoisotopic (exact) mass is 292 g/mol. The number of aryl methyl sites for hydroxylation is 2. The number of rotatable bonds is 5. The summed E-state index contributed by atoms with van der Waals surface area (Å²) in [6.07, 6.45) is 0.0536.